The molecule has 3 rings (SSSR count). The Labute approximate surface area is 178 Å². The Morgan fingerprint density at radius 3 is 2.29 bits per heavy atom. The molecule has 0 unspecified atom stereocenters. The monoisotopic (exact) mass is 442 g/mol. The van der Waals surface area contributed by atoms with E-state index in [0.717, 1.165) is 10.4 Å². The lowest BCUT2D eigenvalue weighted by molar-refractivity contribution is -0.384. The first-order chi connectivity index (χ1) is 14.7. The van der Waals surface area contributed by atoms with Crippen molar-refractivity contribution in [1.82, 2.24) is 0 Å². The summed E-state index contributed by atoms with van der Waals surface area (Å²) in [4.78, 5) is 22.6. The smallest absolute Gasteiger partial charge is 0.343 e. The van der Waals surface area contributed by atoms with Crippen LogP contribution in [0.2, 0.25) is 0 Å². The SMILES string of the molecule is COc1ccc(N(C)S(=O)(=O)c2cccc(C(=O)Oc3cccc([N+](=O)[O-])c3)c2)cc1. The predicted molar refractivity (Wildman–Crippen MR) is 113 cm³/mol. The number of hydrogen-bond acceptors (Lipinski definition) is 7. The van der Waals surface area contributed by atoms with E-state index in [4.69, 9.17) is 9.47 Å². The second-order valence-corrected chi connectivity index (χ2v) is 8.31. The van der Waals surface area contributed by atoms with Crippen LogP contribution >= 0.6 is 0 Å². The van der Waals surface area contributed by atoms with Crippen LogP contribution in [0, 0.1) is 10.1 Å². The molecule has 3 aromatic carbocycles. The van der Waals surface area contributed by atoms with Gasteiger partial charge in [-0.2, -0.15) is 0 Å². The number of non-ortho nitro benzene ring substituents is 1. The number of nitrogens with zero attached hydrogens (tertiary/aromatic N) is 2. The molecule has 0 bridgehead atoms. The number of ether oxygens (including phenoxy) is 2. The van der Waals surface area contributed by atoms with Crippen LogP contribution in [0.5, 0.6) is 11.5 Å². The second-order valence-electron chi connectivity index (χ2n) is 6.34. The molecule has 0 spiro atoms. The van der Waals surface area contributed by atoms with Crippen LogP contribution in [0.15, 0.2) is 77.7 Å². The molecule has 0 saturated carbocycles. The van der Waals surface area contributed by atoms with E-state index in [9.17, 15) is 23.3 Å². The number of esters is 1. The Hall–Kier alpha value is -3.92. The lowest BCUT2D eigenvalue weighted by Crippen LogP contribution is -2.26. The minimum absolute atomic E-state index is 0.0179. The van der Waals surface area contributed by atoms with Crippen molar-refractivity contribution >= 4 is 27.4 Å². The van der Waals surface area contributed by atoms with Gasteiger partial charge in [0.05, 0.1) is 34.2 Å². The maximum atomic E-state index is 13.0. The fourth-order valence-electron chi connectivity index (χ4n) is 2.70. The summed E-state index contributed by atoms with van der Waals surface area (Å²) in [5.41, 5.74) is 0.156. The summed E-state index contributed by atoms with van der Waals surface area (Å²) in [5, 5.41) is 10.9. The van der Waals surface area contributed by atoms with Crippen molar-refractivity contribution < 1.29 is 27.6 Å². The molecule has 0 fully saturated rings. The molecule has 0 radical (unpaired) electrons. The van der Waals surface area contributed by atoms with Gasteiger partial charge >= 0.3 is 5.97 Å². The average molecular weight is 442 g/mol. The Kier molecular flexibility index (Phi) is 6.21. The van der Waals surface area contributed by atoms with Gasteiger partial charge in [-0.3, -0.25) is 14.4 Å². The van der Waals surface area contributed by atoms with Crippen molar-refractivity contribution in [3.05, 3.63) is 88.5 Å². The van der Waals surface area contributed by atoms with Crippen molar-refractivity contribution in [3.8, 4) is 11.5 Å². The predicted octanol–water partition coefficient (Wildman–Crippen LogP) is 3.65. The molecule has 0 aliphatic carbocycles. The Balaban J connectivity index is 1.85. The largest absolute Gasteiger partial charge is 0.497 e. The number of benzene rings is 3. The van der Waals surface area contributed by atoms with E-state index >= 15 is 0 Å². The van der Waals surface area contributed by atoms with Gasteiger partial charge in [0.2, 0.25) is 0 Å². The molecule has 9 nitrogen and oxygen atoms in total. The zero-order valence-corrected chi connectivity index (χ0v) is 17.4. The molecule has 0 amide bonds. The third-order valence-electron chi connectivity index (χ3n) is 4.40. The number of rotatable bonds is 7. The highest BCUT2D eigenvalue weighted by Gasteiger charge is 2.23. The summed E-state index contributed by atoms with van der Waals surface area (Å²) in [6.07, 6.45) is 0. The topological polar surface area (TPSA) is 116 Å². The summed E-state index contributed by atoms with van der Waals surface area (Å²) in [5.74, 6) is -0.284. The van der Waals surface area contributed by atoms with Crippen LogP contribution < -0.4 is 13.8 Å². The van der Waals surface area contributed by atoms with Gasteiger partial charge in [-0.15, -0.1) is 0 Å². The number of hydrogen-bond donors (Lipinski definition) is 0. The van der Waals surface area contributed by atoms with Crippen molar-refractivity contribution in [2.75, 3.05) is 18.5 Å². The number of nitro benzene ring substituents is 1. The Morgan fingerprint density at radius 1 is 0.968 bits per heavy atom. The first-order valence-corrected chi connectivity index (χ1v) is 10.4. The minimum atomic E-state index is -3.96. The van der Waals surface area contributed by atoms with Gasteiger partial charge in [0.25, 0.3) is 15.7 Å². The molecule has 0 saturated heterocycles. The fourth-order valence-corrected chi connectivity index (χ4v) is 3.94. The van der Waals surface area contributed by atoms with Crippen molar-refractivity contribution in [2.24, 2.45) is 0 Å². The van der Waals surface area contributed by atoms with Crippen LogP contribution in [-0.4, -0.2) is 33.5 Å². The zero-order chi connectivity index (χ0) is 22.6. The van der Waals surface area contributed by atoms with Gasteiger partial charge in [0.1, 0.15) is 11.5 Å². The summed E-state index contributed by atoms with van der Waals surface area (Å²) in [6.45, 7) is 0. The standard InChI is InChI=1S/C21H18N2O7S/c1-22(16-9-11-18(29-2)12-10-16)31(27,28)20-8-3-5-15(13-20)21(24)30-19-7-4-6-17(14-19)23(25)26/h3-14H,1-2H3. The molecule has 10 heteroatoms. The van der Waals surface area contributed by atoms with Crippen LogP contribution in [0.4, 0.5) is 11.4 Å². The van der Waals surface area contributed by atoms with Crippen LogP contribution in [0.25, 0.3) is 0 Å². The first-order valence-electron chi connectivity index (χ1n) is 8.92. The molecule has 0 N–H and O–H groups in total. The highest BCUT2D eigenvalue weighted by atomic mass is 32.2. The van der Waals surface area contributed by atoms with Gasteiger partial charge in [-0.25, -0.2) is 13.2 Å². The number of carbonyl (C=O) groups is 1. The quantitative estimate of drug-likeness (QED) is 0.237. The van der Waals surface area contributed by atoms with E-state index in [1.54, 1.807) is 24.3 Å². The van der Waals surface area contributed by atoms with Crippen molar-refractivity contribution in [2.45, 2.75) is 4.90 Å². The first kappa shape index (κ1) is 21.8. The maximum Gasteiger partial charge on any atom is 0.343 e. The third-order valence-corrected chi connectivity index (χ3v) is 6.18. The van der Waals surface area contributed by atoms with Gasteiger partial charge in [0, 0.05) is 13.1 Å². The summed E-state index contributed by atoms with van der Waals surface area (Å²) in [6, 6.07) is 17.0. The molecule has 0 atom stereocenters. The van der Waals surface area contributed by atoms with E-state index in [-0.39, 0.29) is 21.9 Å². The maximum absolute atomic E-state index is 13.0. The van der Waals surface area contributed by atoms with Crippen LogP contribution in [0.3, 0.4) is 0 Å². The molecule has 160 valence electrons. The summed E-state index contributed by atoms with van der Waals surface area (Å²) < 4.78 is 37.3. The van der Waals surface area contributed by atoms with E-state index in [0.29, 0.717) is 11.4 Å². The van der Waals surface area contributed by atoms with E-state index in [1.165, 1.54) is 56.6 Å². The zero-order valence-electron chi connectivity index (χ0n) is 16.6. The van der Waals surface area contributed by atoms with E-state index < -0.39 is 20.9 Å². The Bertz CT molecular complexity index is 1220. The fraction of sp³-hybridized carbons (Fsp3) is 0.0952. The number of nitro groups is 1. The van der Waals surface area contributed by atoms with Gasteiger partial charge in [0.15, 0.2) is 0 Å². The van der Waals surface area contributed by atoms with Gasteiger partial charge < -0.3 is 9.47 Å². The van der Waals surface area contributed by atoms with Gasteiger partial charge in [-0.05, 0) is 48.5 Å². The molecule has 0 aliphatic rings. The highest BCUT2D eigenvalue weighted by Crippen LogP contribution is 2.25. The average Bonchev–Trinajstić information content (AvgIpc) is 2.78. The minimum Gasteiger partial charge on any atom is -0.497 e. The van der Waals surface area contributed by atoms with Crippen LogP contribution in [-0.2, 0) is 10.0 Å². The molecule has 0 aromatic heterocycles. The number of anilines is 1. The number of sulfonamides is 1. The molecular formula is C21H18N2O7S. The normalized spacial score (nSPS) is 10.9. The van der Waals surface area contributed by atoms with Crippen molar-refractivity contribution in [1.29, 1.82) is 0 Å². The number of methoxy groups -OCH3 is 1. The highest BCUT2D eigenvalue weighted by molar-refractivity contribution is 7.92. The van der Waals surface area contributed by atoms with E-state index in [2.05, 4.69) is 0 Å². The van der Waals surface area contributed by atoms with E-state index in [1.807, 2.05) is 0 Å². The summed E-state index contributed by atoms with van der Waals surface area (Å²) in [7, 11) is -1.06. The molecule has 3 aromatic rings. The summed E-state index contributed by atoms with van der Waals surface area (Å²) >= 11 is 0. The van der Waals surface area contributed by atoms with Gasteiger partial charge in [-0.1, -0.05) is 12.1 Å². The lowest BCUT2D eigenvalue weighted by Gasteiger charge is -2.20. The molecule has 31 heavy (non-hydrogen) atoms. The third kappa shape index (κ3) is 4.81. The molecule has 0 heterocycles. The molecule has 0 aliphatic heterocycles. The number of carbonyl (C=O) groups excluding carboxylic acids is 1. The Morgan fingerprint density at radius 2 is 1.65 bits per heavy atom. The van der Waals surface area contributed by atoms with Crippen LogP contribution in [0.1, 0.15) is 10.4 Å². The second kappa shape index (κ2) is 8.84. The molecular weight excluding hydrogens is 424 g/mol. The lowest BCUT2D eigenvalue weighted by atomic mass is 10.2. The van der Waals surface area contributed by atoms with Crippen molar-refractivity contribution in [3.63, 3.8) is 0 Å².